The molecule has 0 aromatic heterocycles. The van der Waals surface area contributed by atoms with Gasteiger partial charge >= 0.3 is 0 Å². The molecule has 1 aliphatic heterocycles. The number of benzodiazepines with no additional fused rings is 1. The first kappa shape index (κ1) is 10.1. The molecular formula is C15H12N2. The Hall–Kier alpha value is -2.09. The second-order valence-electron chi connectivity index (χ2n) is 3.88. The minimum absolute atomic E-state index is 0.568. The third-order valence-electron chi connectivity index (χ3n) is 2.77. The van der Waals surface area contributed by atoms with Crippen LogP contribution >= 0.6 is 0 Å². The third kappa shape index (κ3) is 1.94. The van der Waals surface area contributed by atoms with Crippen LogP contribution in [-0.2, 0) is 0 Å². The average molecular weight is 220 g/mol. The van der Waals surface area contributed by atoms with Crippen LogP contribution in [-0.4, -0.2) is 12.3 Å². The fraction of sp³-hybridized carbons (Fsp3) is 0.0667. The number of nitrogens with one attached hydrogen (secondary N) is 1. The van der Waals surface area contributed by atoms with Gasteiger partial charge in [0, 0.05) is 16.8 Å². The van der Waals surface area contributed by atoms with Gasteiger partial charge in [0.1, 0.15) is 6.54 Å². The standard InChI is InChI=1S/C15H12N2/c1-2-6-12(7-3-1)15-13-8-4-5-9-14(13)16-10-11-17-15/h1-9,16H,11H2. The van der Waals surface area contributed by atoms with E-state index in [4.69, 9.17) is 0 Å². The molecule has 2 aromatic rings. The number of para-hydroxylation sites is 1. The molecule has 0 spiro atoms. The highest BCUT2D eigenvalue weighted by atomic mass is 14.9. The van der Waals surface area contributed by atoms with E-state index in [1.165, 1.54) is 0 Å². The molecule has 1 aliphatic rings. The van der Waals surface area contributed by atoms with Crippen molar-refractivity contribution in [2.45, 2.75) is 0 Å². The van der Waals surface area contributed by atoms with E-state index in [1.54, 1.807) is 0 Å². The van der Waals surface area contributed by atoms with E-state index in [0.29, 0.717) is 6.54 Å². The largest absolute Gasteiger partial charge is 0.373 e. The smallest absolute Gasteiger partial charge is 0.112 e. The van der Waals surface area contributed by atoms with E-state index in [9.17, 15) is 0 Å². The van der Waals surface area contributed by atoms with Crippen LogP contribution in [0.15, 0.2) is 59.6 Å². The molecule has 2 radical (unpaired) electrons. The molecule has 0 amide bonds. The van der Waals surface area contributed by atoms with Crippen molar-refractivity contribution in [2.75, 3.05) is 11.9 Å². The van der Waals surface area contributed by atoms with Gasteiger partial charge in [-0.05, 0) is 6.07 Å². The van der Waals surface area contributed by atoms with Gasteiger partial charge in [0.05, 0.1) is 12.3 Å². The third-order valence-corrected chi connectivity index (χ3v) is 2.77. The number of rotatable bonds is 1. The highest BCUT2D eigenvalue weighted by molar-refractivity contribution is 6.16. The summed E-state index contributed by atoms with van der Waals surface area (Å²) in [6.45, 7) is 3.63. The first-order chi connectivity index (χ1) is 8.45. The Bertz CT molecular complexity index is 544. The van der Waals surface area contributed by atoms with Crippen LogP contribution in [0.4, 0.5) is 5.69 Å². The van der Waals surface area contributed by atoms with E-state index in [1.807, 2.05) is 36.4 Å². The van der Waals surface area contributed by atoms with Crippen LogP contribution < -0.4 is 5.32 Å². The number of aliphatic imine (C=N–C) groups is 1. The van der Waals surface area contributed by atoms with Crippen molar-refractivity contribution in [1.82, 2.24) is 0 Å². The van der Waals surface area contributed by atoms with E-state index >= 15 is 0 Å². The van der Waals surface area contributed by atoms with E-state index in [0.717, 1.165) is 22.5 Å². The van der Waals surface area contributed by atoms with Crippen LogP contribution in [0.2, 0.25) is 0 Å². The fourth-order valence-corrected chi connectivity index (χ4v) is 1.98. The van der Waals surface area contributed by atoms with Gasteiger partial charge in [0.25, 0.3) is 0 Å². The SMILES string of the molecule is [C]1CN=C(c2ccccc2)c2ccccc2N1. The van der Waals surface area contributed by atoms with Crippen LogP contribution in [0, 0.1) is 6.54 Å². The van der Waals surface area contributed by atoms with Crippen molar-refractivity contribution in [3.05, 3.63) is 72.3 Å². The molecule has 82 valence electrons. The predicted octanol–water partition coefficient (Wildman–Crippen LogP) is 2.99. The lowest BCUT2D eigenvalue weighted by atomic mass is 10.0. The summed E-state index contributed by atoms with van der Waals surface area (Å²) in [7, 11) is 0. The summed E-state index contributed by atoms with van der Waals surface area (Å²) in [5, 5.41) is 3.16. The molecule has 17 heavy (non-hydrogen) atoms. The molecule has 1 N–H and O–H groups in total. The maximum Gasteiger partial charge on any atom is 0.112 e. The normalized spacial score (nSPS) is 14.2. The maximum atomic E-state index is 4.58. The lowest BCUT2D eigenvalue weighted by Crippen LogP contribution is -2.04. The number of hydrogen-bond acceptors (Lipinski definition) is 2. The summed E-state index contributed by atoms with van der Waals surface area (Å²) < 4.78 is 0. The second kappa shape index (κ2) is 4.42. The summed E-state index contributed by atoms with van der Waals surface area (Å²) in [5.74, 6) is 0. The molecule has 0 unspecified atom stereocenters. The summed E-state index contributed by atoms with van der Waals surface area (Å²) in [6, 6.07) is 18.4. The Kier molecular flexibility index (Phi) is 2.62. The summed E-state index contributed by atoms with van der Waals surface area (Å²) in [6.07, 6.45) is 0. The summed E-state index contributed by atoms with van der Waals surface area (Å²) in [5.41, 5.74) is 4.36. The zero-order valence-corrected chi connectivity index (χ0v) is 9.35. The van der Waals surface area contributed by atoms with Gasteiger partial charge in [-0.15, -0.1) is 0 Å². The predicted molar refractivity (Wildman–Crippen MR) is 70.3 cm³/mol. The lowest BCUT2D eigenvalue weighted by Gasteiger charge is -2.09. The highest BCUT2D eigenvalue weighted by Crippen LogP contribution is 2.22. The Morgan fingerprint density at radius 1 is 0.941 bits per heavy atom. The monoisotopic (exact) mass is 220 g/mol. The van der Waals surface area contributed by atoms with Crippen LogP contribution in [0.25, 0.3) is 0 Å². The number of hydrogen-bond donors (Lipinski definition) is 1. The van der Waals surface area contributed by atoms with Crippen molar-refractivity contribution in [3.8, 4) is 0 Å². The molecule has 0 fully saturated rings. The van der Waals surface area contributed by atoms with E-state index < -0.39 is 0 Å². The Morgan fingerprint density at radius 3 is 2.59 bits per heavy atom. The van der Waals surface area contributed by atoms with Gasteiger partial charge in [-0.1, -0.05) is 48.5 Å². The molecule has 0 atom stereocenters. The van der Waals surface area contributed by atoms with Gasteiger partial charge < -0.3 is 5.32 Å². The van der Waals surface area contributed by atoms with Crippen LogP contribution in [0.1, 0.15) is 11.1 Å². The topological polar surface area (TPSA) is 24.4 Å². The number of anilines is 1. The fourth-order valence-electron chi connectivity index (χ4n) is 1.98. The molecule has 0 saturated carbocycles. The molecule has 2 aromatic carbocycles. The zero-order valence-electron chi connectivity index (χ0n) is 9.35. The molecule has 0 saturated heterocycles. The second-order valence-corrected chi connectivity index (χ2v) is 3.88. The van der Waals surface area contributed by atoms with Crippen molar-refractivity contribution >= 4 is 11.4 Å². The molecule has 3 rings (SSSR count). The average Bonchev–Trinajstić information content (AvgIpc) is 2.62. The zero-order chi connectivity index (χ0) is 11.5. The first-order valence-electron chi connectivity index (χ1n) is 5.63. The molecule has 1 heterocycles. The van der Waals surface area contributed by atoms with Crippen molar-refractivity contribution < 1.29 is 0 Å². The van der Waals surface area contributed by atoms with Gasteiger partial charge in [-0.25, -0.2) is 0 Å². The minimum Gasteiger partial charge on any atom is -0.373 e. The molecule has 2 nitrogen and oxygen atoms in total. The van der Waals surface area contributed by atoms with Crippen molar-refractivity contribution in [2.24, 2.45) is 4.99 Å². The molecule has 0 bridgehead atoms. The van der Waals surface area contributed by atoms with E-state index in [-0.39, 0.29) is 0 Å². The Labute approximate surface area is 101 Å². The van der Waals surface area contributed by atoms with E-state index in [2.05, 4.69) is 35.1 Å². The van der Waals surface area contributed by atoms with Crippen LogP contribution in [0.5, 0.6) is 0 Å². The minimum atomic E-state index is 0.568. The number of fused-ring (bicyclic) bond motifs is 1. The summed E-state index contributed by atoms with van der Waals surface area (Å²) in [4.78, 5) is 4.58. The molecule has 2 heteroatoms. The van der Waals surface area contributed by atoms with Gasteiger partial charge in [-0.2, -0.15) is 0 Å². The first-order valence-corrected chi connectivity index (χ1v) is 5.63. The number of nitrogens with zero attached hydrogens (tertiary/aromatic N) is 1. The van der Waals surface area contributed by atoms with Gasteiger partial charge in [-0.3, -0.25) is 4.99 Å². The highest BCUT2D eigenvalue weighted by Gasteiger charge is 2.13. The molecular weight excluding hydrogens is 208 g/mol. The van der Waals surface area contributed by atoms with Crippen molar-refractivity contribution in [1.29, 1.82) is 0 Å². The van der Waals surface area contributed by atoms with Crippen LogP contribution in [0.3, 0.4) is 0 Å². The van der Waals surface area contributed by atoms with Gasteiger partial charge in [0.2, 0.25) is 0 Å². The summed E-state index contributed by atoms with van der Waals surface area (Å²) >= 11 is 0. The molecule has 0 aliphatic carbocycles. The van der Waals surface area contributed by atoms with Crippen molar-refractivity contribution in [3.63, 3.8) is 0 Å². The number of benzene rings is 2. The lowest BCUT2D eigenvalue weighted by molar-refractivity contribution is 1.15. The maximum absolute atomic E-state index is 4.58. The Balaban J connectivity index is 2.14. The quantitative estimate of drug-likeness (QED) is 0.785. The Morgan fingerprint density at radius 2 is 1.71 bits per heavy atom. The van der Waals surface area contributed by atoms with Gasteiger partial charge in [0.15, 0.2) is 0 Å².